The summed E-state index contributed by atoms with van der Waals surface area (Å²) >= 11 is 2.74. The Hall–Kier alpha value is -4.41. The maximum atomic E-state index is 13.5. The van der Waals surface area contributed by atoms with E-state index in [9.17, 15) is 14.7 Å². The van der Waals surface area contributed by atoms with Crippen LogP contribution in [0.5, 0.6) is 5.75 Å². The van der Waals surface area contributed by atoms with E-state index in [4.69, 9.17) is 9.15 Å². The molecule has 0 fully saturated rings. The highest BCUT2D eigenvalue weighted by Crippen LogP contribution is 2.44. The van der Waals surface area contributed by atoms with Crippen LogP contribution in [0.4, 0.5) is 5.13 Å². The predicted molar refractivity (Wildman–Crippen MR) is 159 cm³/mol. The van der Waals surface area contributed by atoms with Crippen LogP contribution in [-0.4, -0.2) is 33.6 Å². The van der Waals surface area contributed by atoms with Crippen LogP contribution >= 0.6 is 23.1 Å². The number of carbonyl (C=O) groups excluding carboxylic acids is 2. The standard InChI is InChI=1S/C31H25N3O5S2/c1-2-15-38-22-12-6-10-20(17-22)26-25(27(35)24-14-7-16-39-24)28(36)29(37)34(26)30-32-33-31(41-30)40-18-21-11-5-9-19-8-3-4-13-23(19)21/h3-14,16-17,26,36H,2,15,18H2,1H3. The van der Waals surface area contributed by atoms with Crippen LogP contribution < -0.4 is 9.64 Å². The highest BCUT2D eigenvalue weighted by Gasteiger charge is 2.46. The van der Waals surface area contributed by atoms with Gasteiger partial charge in [0.2, 0.25) is 10.9 Å². The summed E-state index contributed by atoms with van der Waals surface area (Å²) in [6.07, 6.45) is 2.20. The van der Waals surface area contributed by atoms with Crippen LogP contribution in [0.3, 0.4) is 0 Å². The van der Waals surface area contributed by atoms with Gasteiger partial charge in [-0.2, -0.15) is 0 Å². The zero-order valence-corrected chi connectivity index (χ0v) is 23.7. The van der Waals surface area contributed by atoms with Crippen molar-refractivity contribution in [2.45, 2.75) is 29.5 Å². The Morgan fingerprint density at radius 1 is 1.07 bits per heavy atom. The number of furan rings is 1. The first-order chi connectivity index (χ1) is 20.0. The summed E-state index contributed by atoms with van der Waals surface area (Å²) in [5.74, 6) is -0.674. The lowest BCUT2D eigenvalue weighted by molar-refractivity contribution is -0.117. The van der Waals surface area contributed by atoms with Gasteiger partial charge in [0.1, 0.15) is 5.75 Å². The van der Waals surface area contributed by atoms with E-state index in [1.165, 1.54) is 45.7 Å². The van der Waals surface area contributed by atoms with Gasteiger partial charge in [-0.1, -0.05) is 84.6 Å². The minimum atomic E-state index is -0.950. The lowest BCUT2D eigenvalue weighted by Crippen LogP contribution is -2.31. The summed E-state index contributed by atoms with van der Waals surface area (Å²) in [5.41, 5.74) is 1.67. The number of benzene rings is 3. The summed E-state index contributed by atoms with van der Waals surface area (Å²) in [7, 11) is 0. The van der Waals surface area contributed by atoms with Crippen molar-refractivity contribution in [3.8, 4) is 5.75 Å². The first-order valence-electron chi connectivity index (χ1n) is 13.1. The predicted octanol–water partition coefficient (Wildman–Crippen LogP) is 7.15. The Kier molecular flexibility index (Phi) is 7.58. The molecule has 6 rings (SSSR count). The number of hydrogen-bond acceptors (Lipinski definition) is 9. The van der Waals surface area contributed by atoms with E-state index < -0.39 is 23.5 Å². The highest BCUT2D eigenvalue weighted by molar-refractivity contribution is 8.00. The molecule has 8 nitrogen and oxygen atoms in total. The molecule has 2 aromatic heterocycles. The number of rotatable bonds is 10. The third-order valence-electron chi connectivity index (χ3n) is 6.68. The summed E-state index contributed by atoms with van der Waals surface area (Å²) < 4.78 is 11.8. The Labute approximate surface area is 244 Å². The fourth-order valence-corrected chi connectivity index (χ4v) is 6.67. The molecule has 0 bridgehead atoms. The number of Topliss-reactive ketones (excluding diaryl/α,β-unsaturated/α-hetero) is 1. The summed E-state index contributed by atoms with van der Waals surface area (Å²) in [4.78, 5) is 28.3. The van der Waals surface area contributed by atoms with Crippen LogP contribution in [-0.2, 0) is 10.5 Å². The molecule has 0 saturated heterocycles. The van der Waals surface area contributed by atoms with E-state index in [1.54, 1.807) is 24.3 Å². The van der Waals surface area contributed by atoms with Crippen molar-refractivity contribution in [3.63, 3.8) is 0 Å². The number of aromatic nitrogens is 2. The minimum absolute atomic E-state index is 0.0215. The van der Waals surface area contributed by atoms with Gasteiger partial charge in [0.25, 0.3) is 5.91 Å². The quantitative estimate of drug-likeness (QED) is 0.105. The van der Waals surface area contributed by atoms with Gasteiger partial charge in [-0.3, -0.25) is 14.5 Å². The van der Waals surface area contributed by atoms with E-state index in [0.29, 0.717) is 28.0 Å². The fraction of sp³-hybridized carbons (Fsp3) is 0.161. The summed E-state index contributed by atoms with van der Waals surface area (Å²) in [5, 5.41) is 22.3. The van der Waals surface area contributed by atoms with Crippen LogP contribution in [0.1, 0.15) is 41.1 Å². The number of hydrogen-bond donors (Lipinski definition) is 1. The second kappa shape index (κ2) is 11.6. The molecule has 41 heavy (non-hydrogen) atoms. The van der Waals surface area contributed by atoms with E-state index in [1.807, 2.05) is 31.2 Å². The molecular weight excluding hydrogens is 558 g/mol. The number of amides is 1. The number of fused-ring (bicyclic) bond motifs is 1. The monoisotopic (exact) mass is 583 g/mol. The molecule has 1 atom stereocenters. The van der Waals surface area contributed by atoms with Gasteiger partial charge in [-0.25, -0.2) is 0 Å². The van der Waals surface area contributed by atoms with Crippen molar-refractivity contribution >= 4 is 50.7 Å². The number of ketones is 1. The maximum Gasteiger partial charge on any atom is 0.296 e. The Bertz CT molecular complexity index is 1760. The lowest BCUT2D eigenvalue weighted by Gasteiger charge is -2.24. The number of nitrogens with zero attached hydrogens (tertiary/aromatic N) is 3. The van der Waals surface area contributed by atoms with Gasteiger partial charge in [0.15, 0.2) is 15.9 Å². The molecule has 3 aromatic carbocycles. The van der Waals surface area contributed by atoms with Gasteiger partial charge < -0.3 is 14.3 Å². The second-order valence-electron chi connectivity index (χ2n) is 9.34. The van der Waals surface area contributed by atoms with E-state index in [-0.39, 0.29) is 16.5 Å². The highest BCUT2D eigenvalue weighted by atomic mass is 32.2. The first-order valence-corrected chi connectivity index (χ1v) is 14.9. The topological polar surface area (TPSA) is 106 Å². The van der Waals surface area contributed by atoms with Gasteiger partial charge in [0, 0.05) is 5.75 Å². The molecule has 10 heteroatoms. The van der Waals surface area contributed by atoms with Crippen molar-refractivity contribution in [2.24, 2.45) is 0 Å². The lowest BCUT2D eigenvalue weighted by atomic mass is 9.95. The second-order valence-corrected chi connectivity index (χ2v) is 11.5. The van der Waals surface area contributed by atoms with Gasteiger partial charge in [-0.05, 0) is 52.6 Å². The summed E-state index contributed by atoms with van der Waals surface area (Å²) in [6.45, 7) is 2.52. The van der Waals surface area contributed by atoms with Crippen LogP contribution in [0, 0.1) is 0 Å². The van der Waals surface area contributed by atoms with Crippen LogP contribution in [0.25, 0.3) is 10.8 Å². The molecule has 0 radical (unpaired) electrons. The van der Waals surface area contributed by atoms with Gasteiger partial charge in [-0.15, -0.1) is 10.2 Å². The first kappa shape index (κ1) is 26.8. The zero-order chi connectivity index (χ0) is 28.3. The van der Waals surface area contributed by atoms with Crippen LogP contribution in [0.2, 0.25) is 0 Å². The number of aliphatic hydroxyl groups excluding tert-OH is 1. The molecule has 3 heterocycles. The zero-order valence-electron chi connectivity index (χ0n) is 22.0. The molecule has 1 aliphatic heterocycles. The average Bonchev–Trinajstić information content (AvgIpc) is 3.76. The Balaban J connectivity index is 1.33. The normalized spacial score (nSPS) is 15.2. The molecule has 0 spiro atoms. The maximum absolute atomic E-state index is 13.5. The fourth-order valence-electron chi connectivity index (χ4n) is 4.80. The van der Waals surface area contributed by atoms with Gasteiger partial charge >= 0.3 is 0 Å². The average molecular weight is 584 g/mol. The smallest absolute Gasteiger partial charge is 0.296 e. The molecule has 1 aliphatic rings. The molecule has 206 valence electrons. The molecule has 0 aliphatic carbocycles. The van der Waals surface area contributed by atoms with Crippen molar-refractivity contribution < 1.29 is 23.8 Å². The third-order valence-corrected chi connectivity index (χ3v) is 8.78. The summed E-state index contributed by atoms with van der Waals surface area (Å²) in [6, 6.07) is 23.7. The van der Waals surface area contributed by atoms with Crippen molar-refractivity contribution in [2.75, 3.05) is 11.5 Å². The third kappa shape index (κ3) is 5.23. The minimum Gasteiger partial charge on any atom is -0.503 e. The van der Waals surface area contributed by atoms with Crippen molar-refractivity contribution in [1.29, 1.82) is 0 Å². The van der Waals surface area contributed by atoms with Gasteiger partial charge in [0.05, 0.1) is 24.5 Å². The number of aliphatic hydroxyl groups is 1. The molecule has 1 unspecified atom stereocenters. The SMILES string of the molecule is CCCOc1cccc(C2C(C(=O)c3ccco3)=C(O)C(=O)N2c2nnc(SCc3cccc4ccccc34)s2)c1. The Morgan fingerprint density at radius 3 is 2.73 bits per heavy atom. The molecule has 1 amide bonds. The number of ether oxygens (including phenoxy) is 1. The van der Waals surface area contributed by atoms with E-state index in [0.717, 1.165) is 17.4 Å². The largest absolute Gasteiger partial charge is 0.503 e. The number of thioether (sulfide) groups is 1. The van der Waals surface area contributed by atoms with Crippen LogP contribution in [0.15, 0.2) is 105 Å². The number of carbonyl (C=O) groups is 2. The Morgan fingerprint density at radius 2 is 1.90 bits per heavy atom. The van der Waals surface area contributed by atoms with E-state index in [2.05, 4.69) is 34.5 Å². The van der Waals surface area contributed by atoms with Crippen molar-refractivity contribution in [1.82, 2.24) is 10.2 Å². The molecule has 0 saturated carbocycles. The van der Waals surface area contributed by atoms with E-state index >= 15 is 0 Å². The van der Waals surface area contributed by atoms with Crippen molar-refractivity contribution in [3.05, 3.63) is 113 Å². The number of anilines is 1. The molecule has 5 aromatic rings. The molecule has 1 N–H and O–H groups in total. The molecular formula is C31H25N3O5S2.